The summed E-state index contributed by atoms with van der Waals surface area (Å²) in [5.41, 5.74) is 0.255. The Balaban J connectivity index is 1.77. The molecular formula is C21H33NO4. The van der Waals surface area contributed by atoms with Crippen molar-refractivity contribution in [2.24, 2.45) is 33.7 Å². The number of allylic oxidation sites excluding steroid dienone is 1. The molecule has 3 fully saturated rings. The molecule has 3 saturated carbocycles. The molecule has 5 nitrogen and oxygen atoms in total. The highest BCUT2D eigenvalue weighted by molar-refractivity contribution is 5.85. The Morgan fingerprint density at radius 1 is 1.15 bits per heavy atom. The fraction of sp³-hybridized carbons (Fsp3) is 0.857. The molecule has 8 atom stereocenters. The molecule has 5 heteroatoms. The summed E-state index contributed by atoms with van der Waals surface area (Å²) >= 11 is 0. The third-order valence-corrected chi connectivity index (χ3v) is 9.02. The maximum Gasteiger partial charge on any atom is 0.0766 e. The van der Waals surface area contributed by atoms with Gasteiger partial charge in [0.1, 0.15) is 0 Å². The lowest BCUT2D eigenvalue weighted by molar-refractivity contribution is -0.219. The second kappa shape index (κ2) is 5.79. The van der Waals surface area contributed by atoms with E-state index in [-0.39, 0.29) is 29.3 Å². The van der Waals surface area contributed by atoms with E-state index >= 15 is 0 Å². The molecular weight excluding hydrogens is 330 g/mol. The quantitative estimate of drug-likeness (QED) is 0.249. The molecule has 0 heterocycles. The van der Waals surface area contributed by atoms with Crippen molar-refractivity contribution in [1.82, 2.24) is 0 Å². The predicted octanol–water partition coefficient (Wildman–Crippen LogP) is 2.86. The first-order valence-corrected chi connectivity index (χ1v) is 10.1. The maximum atomic E-state index is 11.9. The van der Waals surface area contributed by atoms with Crippen LogP contribution in [0.1, 0.15) is 65.7 Å². The summed E-state index contributed by atoms with van der Waals surface area (Å²) in [5.74, 6) is 0.240. The van der Waals surface area contributed by atoms with E-state index in [1.54, 1.807) is 6.92 Å². The van der Waals surface area contributed by atoms with Crippen molar-refractivity contribution in [3.63, 3.8) is 0 Å². The van der Waals surface area contributed by atoms with Crippen molar-refractivity contribution in [3.05, 3.63) is 11.6 Å². The Labute approximate surface area is 155 Å². The van der Waals surface area contributed by atoms with Crippen LogP contribution in [-0.2, 0) is 0 Å². The summed E-state index contributed by atoms with van der Waals surface area (Å²) in [5, 5.41) is 46.0. The summed E-state index contributed by atoms with van der Waals surface area (Å²) in [6.45, 7) is 6.06. The van der Waals surface area contributed by atoms with E-state index in [2.05, 4.69) is 18.2 Å². The van der Waals surface area contributed by atoms with Crippen LogP contribution >= 0.6 is 0 Å². The number of fused-ring (bicyclic) bond motifs is 5. The van der Waals surface area contributed by atoms with E-state index < -0.39 is 17.1 Å². The van der Waals surface area contributed by atoms with Gasteiger partial charge in [0, 0.05) is 11.3 Å². The average Bonchev–Trinajstić information content (AvgIpc) is 2.89. The number of rotatable bonds is 1. The molecule has 146 valence electrons. The van der Waals surface area contributed by atoms with Crippen LogP contribution in [0.5, 0.6) is 0 Å². The fourth-order valence-electron chi connectivity index (χ4n) is 7.32. The number of aliphatic hydroxyl groups excluding tert-OH is 2. The number of aliphatic hydroxyl groups is 3. The van der Waals surface area contributed by atoms with E-state index in [1.807, 2.05) is 6.92 Å². The van der Waals surface area contributed by atoms with Gasteiger partial charge in [-0.15, -0.1) is 0 Å². The van der Waals surface area contributed by atoms with Crippen LogP contribution in [0, 0.1) is 28.6 Å². The van der Waals surface area contributed by atoms with Crippen LogP contribution < -0.4 is 0 Å². The molecule has 0 saturated heterocycles. The van der Waals surface area contributed by atoms with E-state index in [4.69, 9.17) is 0 Å². The third-order valence-electron chi connectivity index (χ3n) is 9.02. The minimum atomic E-state index is -0.951. The van der Waals surface area contributed by atoms with Crippen LogP contribution in [0.25, 0.3) is 0 Å². The second-order valence-corrected chi connectivity index (χ2v) is 9.78. The number of hydrogen-bond donors (Lipinski definition) is 4. The SMILES string of the molecule is CC(=NO)C1CCC2(O)C3CC=C4CC(O)CCC4(C)C3CC(O)C12C. The van der Waals surface area contributed by atoms with Gasteiger partial charge in [0.05, 0.1) is 23.5 Å². The first kappa shape index (κ1) is 18.5. The Hall–Kier alpha value is -0.910. The van der Waals surface area contributed by atoms with Gasteiger partial charge in [0.25, 0.3) is 0 Å². The maximum absolute atomic E-state index is 11.9. The van der Waals surface area contributed by atoms with Gasteiger partial charge in [-0.1, -0.05) is 30.7 Å². The lowest BCUT2D eigenvalue weighted by Crippen LogP contribution is -2.66. The van der Waals surface area contributed by atoms with Gasteiger partial charge in [-0.05, 0) is 69.1 Å². The lowest BCUT2D eigenvalue weighted by Gasteiger charge is -2.62. The summed E-state index contributed by atoms with van der Waals surface area (Å²) < 4.78 is 0. The van der Waals surface area contributed by atoms with Gasteiger partial charge < -0.3 is 20.5 Å². The topological polar surface area (TPSA) is 93.3 Å². The minimum absolute atomic E-state index is 0.0433. The zero-order valence-electron chi connectivity index (χ0n) is 16.1. The van der Waals surface area contributed by atoms with E-state index in [0.29, 0.717) is 18.6 Å². The molecule has 4 N–H and O–H groups in total. The molecule has 4 aliphatic carbocycles. The molecule has 8 unspecified atom stereocenters. The molecule has 0 amide bonds. The molecule has 0 aromatic carbocycles. The summed E-state index contributed by atoms with van der Waals surface area (Å²) in [6.07, 6.45) is 6.68. The second-order valence-electron chi connectivity index (χ2n) is 9.78. The third kappa shape index (κ3) is 2.11. The van der Waals surface area contributed by atoms with Gasteiger partial charge in [0.15, 0.2) is 0 Å². The Kier molecular flexibility index (Phi) is 4.11. The highest BCUT2D eigenvalue weighted by Gasteiger charge is 2.69. The van der Waals surface area contributed by atoms with Crippen LogP contribution in [0.3, 0.4) is 0 Å². The van der Waals surface area contributed by atoms with Crippen LogP contribution in [0.2, 0.25) is 0 Å². The van der Waals surface area contributed by atoms with E-state index in [1.165, 1.54) is 5.57 Å². The normalized spacial score (nSPS) is 54.2. The van der Waals surface area contributed by atoms with Crippen molar-refractivity contribution in [2.75, 3.05) is 0 Å². The molecule has 0 radical (unpaired) electrons. The fourth-order valence-corrected chi connectivity index (χ4v) is 7.32. The highest BCUT2D eigenvalue weighted by Crippen LogP contribution is 2.68. The first-order chi connectivity index (χ1) is 12.2. The number of hydrogen-bond acceptors (Lipinski definition) is 5. The molecule has 0 spiro atoms. The average molecular weight is 363 g/mol. The monoisotopic (exact) mass is 363 g/mol. The minimum Gasteiger partial charge on any atom is -0.411 e. The van der Waals surface area contributed by atoms with Crippen molar-refractivity contribution >= 4 is 5.71 Å². The molecule has 0 aromatic heterocycles. The van der Waals surface area contributed by atoms with Crippen LogP contribution in [0.15, 0.2) is 16.8 Å². The first-order valence-electron chi connectivity index (χ1n) is 10.1. The Morgan fingerprint density at radius 2 is 1.88 bits per heavy atom. The van der Waals surface area contributed by atoms with Gasteiger partial charge in [0.2, 0.25) is 0 Å². The van der Waals surface area contributed by atoms with Crippen molar-refractivity contribution in [3.8, 4) is 0 Å². The highest BCUT2D eigenvalue weighted by atomic mass is 16.4. The number of nitrogens with zero attached hydrogens (tertiary/aromatic N) is 1. The number of oxime groups is 1. The van der Waals surface area contributed by atoms with E-state index in [9.17, 15) is 20.5 Å². The van der Waals surface area contributed by atoms with Crippen molar-refractivity contribution in [1.29, 1.82) is 0 Å². The van der Waals surface area contributed by atoms with E-state index in [0.717, 1.165) is 32.1 Å². The summed E-state index contributed by atoms with van der Waals surface area (Å²) in [7, 11) is 0. The molecule has 0 aromatic rings. The largest absolute Gasteiger partial charge is 0.411 e. The zero-order valence-corrected chi connectivity index (χ0v) is 16.1. The molecule has 26 heavy (non-hydrogen) atoms. The Bertz CT molecular complexity index is 660. The lowest BCUT2D eigenvalue weighted by atomic mass is 9.45. The van der Waals surface area contributed by atoms with Crippen LogP contribution in [0.4, 0.5) is 0 Å². The van der Waals surface area contributed by atoms with Gasteiger partial charge >= 0.3 is 0 Å². The molecule has 4 rings (SSSR count). The summed E-state index contributed by atoms with van der Waals surface area (Å²) in [4.78, 5) is 0. The molecule has 4 aliphatic rings. The standard InChI is InChI=1S/C21H33NO4/c1-12(22-26)15-7-9-21(25)16-5-4-13-10-14(23)6-8-19(13,2)17(16)11-18(24)20(15,21)3/h4,14-18,23-26H,5-11H2,1-3H3. The Morgan fingerprint density at radius 3 is 2.58 bits per heavy atom. The van der Waals surface area contributed by atoms with Gasteiger partial charge in [-0.2, -0.15) is 0 Å². The smallest absolute Gasteiger partial charge is 0.0766 e. The molecule has 0 bridgehead atoms. The van der Waals surface area contributed by atoms with Crippen molar-refractivity contribution in [2.45, 2.75) is 83.5 Å². The van der Waals surface area contributed by atoms with Crippen molar-refractivity contribution < 1.29 is 20.5 Å². The van der Waals surface area contributed by atoms with Gasteiger partial charge in [-0.3, -0.25) is 0 Å². The van der Waals surface area contributed by atoms with Gasteiger partial charge in [-0.25, -0.2) is 0 Å². The zero-order chi connectivity index (χ0) is 18.9. The van der Waals surface area contributed by atoms with Crippen LogP contribution in [-0.4, -0.2) is 44.0 Å². The predicted molar refractivity (Wildman–Crippen MR) is 98.9 cm³/mol. The molecule has 0 aliphatic heterocycles. The summed E-state index contributed by atoms with van der Waals surface area (Å²) in [6, 6.07) is 0.